The molecule has 1 N–H and O–H groups in total. The van der Waals surface area contributed by atoms with Crippen LogP contribution < -0.4 is 5.32 Å². The molecule has 0 aromatic heterocycles. The molecular formula is C13H15N3O2. The molecule has 0 aliphatic rings. The number of hydrogen-bond donors (Lipinski definition) is 1. The Bertz CT molecular complexity index is 464. The number of carbonyl (C=O) groups excluding carboxylic acids is 2. The van der Waals surface area contributed by atoms with E-state index in [1.807, 2.05) is 30.3 Å². The molecule has 0 fully saturated rings. The van der Waals surface area contributed by atoms with Crippen molar-refractivity contribution in [3.63, 3.8) is 0 Å². The second-order valence-corrected chi connectivity index (χ2v) is 3.92. The van der Waals surface area contributed by atoms with E-state index < -0.39 is 11.8 Å². The van der Waals surface area contributed by atoms with Crippen LogP contribution in [0.15, 0.2) is 30.3 Å². The second-order valence-electron chi connectivity index (χ2n) is 3.92. The lowest BCUT2D eigenvalue weighted by Crippen LogP contribution is -2.39. The summed E-state index contributed by atoms with van der Waals surface area (Å²) in [6, 6.07) is 8.96. The predicted octanol–water partition coefficient (Wildman–Crippen LogP) is 0.994. The van der Waals surface area contributed by atoms with Gasteiger partial charge in [-0.15, -0.1) is 0 Å². The molecule has 0 aliphatic carbocycles. The van der Waals surface area contributed by atoms with Crippen molar-refractivity contribution < 1.29 is 14.4 Å². The third-order valence-corrected chi connectivity index (χ3v) is 2.47. The van der Waals surface area contributed by atoms with Crippen molar-refractivity contribution in [2.75, 3.05) is 0 Å². The standard InChI is InChI=1S/C13H15N3O2/c1-10(12(17)9-15-14)16-13(18)8-7-11-5-3-2-4-6-11/h2-6,9-10H,7-8H2,1H3,(H,16,18)/t10-/m0/s1. The first-order valence-electron chi connectivity index (χ1n) is 5.68. The number of Topliss-reactive ketones (excluding diaryl/α,β-unsaturated/α-hetero) is 1. The van der Waals surface area contributed by atoms with Gasteiger partial charge in [0.2, 0.25) is 5.91 Å². The topological polar surface area (TPSA) is 82.6 Å². The maximum absolute atomic E-state index is 11.6. The molecule has 5 nitrogen and oxygen atoms in total. The highest BCUT2D eigenvalue weighted by Crippen LogP contribution is 2.02. The third-order valence-electron chi connectivity index (χ3n) is 2.47. The van der Waals surface area contributed by atoms with Gasteiger partial charge in [-0.25, -0.2) is 0 Å². The molecule has 5 heteroatoms. The number of amides is 1. The molecule has 1 atom stereocenters. The van der Waals surface area contributed by atoms with Gasteiger partial charge in [-0.1, -0.05) is 30.3 Å². The number of hydrogen-bond acceptors (Lipinski definition) is 2. The zero-order chi connectivity index (χ0) is 13.4. The van der Waals surface area contributed by atoms with Gasteiger partial charge in [0.05, 0.1) is 6.04 Å². The first-order chi connectivity index (χ1) is 8.63. The van der Waals surface area contributed by atoms with Crippen LogP contribution in [0.3, 0.4) is 0 Å². The number of nitrogens with one attached hydrogen (secondary N) is 1. The Morgan fingerprint density at radius 1 is 1.39 bits per heavy atom. The van der Waals surface area contributed by atoms with Gasteiger partial charge >= 0.3 is 6.21 Å². The molecule has 1 amide bonds. The molecule has 18 heavy (non-hydrogen) atoms. The molecule has 0 radical (unpaired) electrons. The largest absolute Gasteiger partial charge is 0.361 e. The predicted molar refractivity (Wildman–Crippen MR) is 67.1 cm³/mol. The Labute approximate surface area is 105 Å². The number of carbonyl (C=O) groups is 2. The quantitative estimate of drug-likeness (QED) is 0.460. The zero-order valence-electron chi connectivity index (χ0n) is 10.2. The second kappa shape index (κ2) is 7.14. The molecular weight excluding hydrogens is 230 g/mol. The molecule has 0 heterocycles. The minimum atomic E-state index is -0.677. The Balaban J connectivity index is 2.38. The van der Waals surface area contributed by atoms with E-state index in [2.05, 4.69) is 10.1 Å². The van der Waals surface area contributed by atoms with Crippen molar-refractivity contribution in [1.82, 2.24) is 5.32 Å². The van der Waals surface area contributed by atoms with Crippen LogP contribution >= 0.6 is 0 Å². The summed E-state index contributed by atoms with van der Waals surface area (Å²) >= 11 is 0. The minimum absolute atomic E-state index is 0.203. The summed E-state index contributed by atoms with van der Waals surface area (Å²) in [6.07, 6.45) is 1.72. The summed E-state index contributed by atoms with van der Waals surface area (Å²) in [6.45, 7) is 1.55. The summed E-state index contributed by atoms with van der Waals surface area (Å²) in [5, 5.41) is 2.54. The van der Waals surface area contributed by atoms with Crippen LogP contribution in [0.25, 0.3) is 5.53 Å². The number of aryl methyl sites for hydroxylation is 1. The van der Waals surface area contributed by atoms with Crippen molar-refractivity contribution >= 4 is 17.9 Å². The summed E-state index contributed by atoms with van der Waals surface area (Å²) in [5.74, 6) is -0.642. The van der Waals surface area contributed by atoms with Crippen molar-refractivity contribution in [1.29, 1.82) is 0 Å². The van der Waals surface area contributed by atoms with Gasteiger partial charge in [0.1, 0.15) is 0 Å². The summed E-state index contributed by atoms with van der Waals surface area (Å²) in [5.41, 5.74) is 9.28. The average Bonchev–Trinajstić information content (AvgIpc) is 2.38. The van der Waals surface area contributed by atoms with Gasteiger partial charge in [-0.3, -0.25) is 9.59 Å². The maximum Gasteiger partial charge on any atom is 0.325 e. The molecule has 0 saturated heterocycles. The van der Waals surface area contributed by atoms with Gasteiger partial charge < -0.3 is 10.8 Å². The first-order valence-corrected chi connectivity index (χ1v) is 5.68. The molecule has 0 unspecified atom stereocenters. The third kappa shape index (κ3) is 4.72. The fourth-order valence-corrected chi connectivity index (χ4v) is 1.46. The number of nitrogens with zero attached hydrogens (tertiary/aromatic N) is 2. The van der Waals surface area contributed by atoms with Crippen LogP contribution in [0.2, 0.25) is 0 Å². The monoisotopic (exact) mass is 245 g/mol. The van der Waals surface area contributed by atoms with Gasteiger partial charge in [-0.05, 0) is 18.9 Å². The first kappa shape index (κ1) is 13.8. The number of ketones is 1. The molecule has 1 aromatic carbocycles. The number of rotatable bonds is 6. The highest BCUT2D eigenvalue weighted by molar-refractivity contribution is 6.28. The highest BCUT2D eigenvalue weighted by atomic mass is 16.2. The van der Waals surface area contributed by atoms with Crippen molar-refractivity contribution in [2.24, 2.45) is 0 Å². The van der Waals surface area contributed by atoms with E-state index in [-0.39, 0.29) is 5.91 Å². The lowest BCUT2D eigenvalue weighted by Gasteiger charge is -2.08. The van der Waals surface area contributed by atoms with Gasteiger partial charge in [0, 0.05) is 6.42 Å². The van der Waals surface area contributed by atoms with Crippen molar-refractivity contribution in [2.45, 2.75) is 25.8 Å². The fraction of sp³-hybridized carbons (Fsp3) is 0.308. The molecule has 1 rings (SSSR count). The van der Waals surface area contributed by atoms with E-state index in [1.54, 1.807) is 6.92 Å². The Hall–Kier alpha value is -2.26. The van der Waals surface area contributed by atoms with Crippen LogP contribution in [-0.4, -0.2) is 28.7 Å². The van der Waals surface area contributed by atoms with Gasteiger partial charge in [-0.2, -0.15) is 4.79 Å². The Morgan fingerprint density at radius 3 is 2.67 bits per heavy atom. The molecule has 0 aliphatic heterocycles. The van der Waals surface area contributed by atoms with Gasteiger partial charge in [0.15, 0.2) is 0 Å². The molecule has 0 bridgehead atoms. The van der Waals surface area contributed by atoms with Crippen LogP contribution in [-0.2, 0) is 16.0 Å². The van der Waals surface area contributed by atoms with E-state index in [4.69, 9.17) is 5.53 Å². The number of benzene rings is 1. The Morgan fingerprint density at radius 2 is 2.06 bits per heavy atom. The molecule has 0 spiro atoms. The van der Waals surface area contributed by atoms with E-state index in [1.165, 1.54) is 0 Å². The van der Waals surface area contributed by atoms with Crippen LogP contribution in [0.4, 0.5) is 0 Å². The lowest BCUT2D eigenvalue weighted by molar-refractivity contribution is -0.125. The Kier molecular flexibility index (Phi) is 5.48. The zero-order valence-corrected chi connectivity index (χ0v) is 10.2. The highest BCUT2D eigenvalue weighted by Gasteiger charge is 2.16. The van der Waals surface area contributed by atoms with Crippen molar-refractivity contribution in [3.8, 4) is 0 Å². The molecule has 0 saturated carbocycles. The summed E-state index contributed by atoms with van der Waals surface area (Å²) in [4.78, 5) is 25.4. The van der Waals surface area contributed by atoms with Crippen LogP contribution in [0.1, 0.15) is 18.9 Å². The van der Waals surface area contributed by atoms with E-state index in [0.29, 0.717) is 12.8 Å². The summed E-state index contributed by atoms with van der Waals surface area (Å²) < 4.78 is 0. The van der Waals surface area contributed by atoms with E-state index in [0.717, 1.165) is 11.8 Å². The van der Waals surface area contributed by atoms with Gasteiger partial charge in [0.25, 0.3) is 5.78 Å². The molecule has 94 valence electrons. The summed E-state index contributed by atoms with van der Waals surface area (Å²) in [7, 11) is 0. The normalized spacial score (nSPS) is 11.2. The fourth-order valence-electron chi connectivity index (χ4n) is 1.46. The van der Waals surface area contributed by atoms with E-state index >= 15 is 0 Å². The smallest absolute Gasteiger partial charge is 0.325 e. The maximum atomic E-state index is 11.6. The van der Waals surface area contributed by atoms with Crippen LogP contribution in [0.5, 0.6) is 0 Å². The van der Waals surface area contributed by atoms with E-state index in [9.17, 15) is 9.59 Å². The van der Waals surface area contributed by atoms with Crippen LogP contribution in [0, 0.1) is 0 Å². The molecule has 1 aromatic rings. The lowest BCUT2D eigenvalue weighted by atomic mass is 10.1. The minimum Gasteiger partial charge on any atom is -0.361 e. The average molecular weight is 245 g/mol. The van der Waals surface area contributed by atoms with Crippen molar-refractivity contribution in [3.05, 3.63) is 41.4 Å². The SMILES string of the molecule is C[C@H](NC(=O)CCc1ccccc1)C(=O)C=[N+]=[N-].